The molecule has 2 aliphatic heterocycles. The van der Waals surface area contributed by atoms with E-state index in [1.54, 1.807) is 4.90 Å². The molecule has 2 aliphatic carbocycles. The summed E-state index contributed by atoms with van der Waals surface area (Å²) in [5, 5.41) is 9.61. The lowest BCUT2D eigenvalue weighted by Crippen LogP contribution is -2.51. The Bertz CT molecular complexity index is 566. The molecule has 0 aromatic carbocycles. The van der Waals surface area contributed by atoms with Crippen molar-refractivity contribution in [2.45, 2.75) is 69.9 Å². The SMILES string of the molecule is O=C(O)[C@@H]1C[C@@H]2CCCC[C@@H]2N1C(=O)C1CCN(C(=O)C2CC2)CC1. The molecule has 2 saturated heterocycles. The highest BCUT2D eigenvalue weighted by Gasteiger charge is 2.49. The maximum Gasteiger partial charge on any atom is 0.326 e. The van der Waals surface area contributed by atoms with E-state index in [4.69, 9.17) is 0 Å². The Morgan fingerprint density at radius 3 is 2.08 bits per heavy atom. The number of hydrogen-bond donors (Lipinski definition) is 1. The lowest BCUT2D eigenvalue weighted by molar-refractivity contribution is -0.153. The standard InChI is InChI=1S/C19H28N2O4/c22-17(12-5-6-12)20-9-7-13(8-10-20)18(23)21-15-4-2-1-3-14(15)11-16(21)19(24)25/h12-16H,1-11H2,(H,24,25)/t14-,15-,16-/m0/s1. The summed E-state index contributed by atoms with van der Waals surface area (Å²) in [6, 6.07) is -0.528. The van der Waals surface area contributed by atoms with E-state index >= 15 is 0 Å². The van der Waals surface area contributed by atoms with Crippen molar-refractivity contribution in [3.8, 4) is 0 Å². The maximum atomic E-state index is 13.2. The molecular weight excluding hydrogens is 320 g/mol. The van der Waals surface area contributed by atoms with Gasteiger partial charge in [-0.1, -0.05) is 12.8 Å². The highest BCUT2D eigenvalue weighted by atomic mass is 16.4. The number of likely N-dealkylation sites (tertiary alicyclic amines) is 2. The summed E-state index contributed by atoms with van der Waals surface area (Å²) in [5.74, 6) is -0.112. The Balaban J connectivity index is 1.42. The van der Waals surface area contributed by atoms with Crippen molar-refractivity contribution >= 4 is 17.8 Å². The van der Waals surface area contributed by atoms with Crippen molar-refractivity contribution in [1.82, 2.24) is 9.80 Å². The number of rotatable bonds is 3. The van der Waals surface area contributed by atoms with E-state index in [-0.39, 0.29) is 29.7 Å². The minimum Gasteiger partial charge on any atom is -0.480 e. The molecule has 3 atom stereocenters. The molecule has 6 nitrogen and oxygen atoms in total. The zero-order chi connectivity index (χ0) is 17.6. The van der Waals surface area contributed by atoms with Gasteiger partial charge in [0.1, 0.15) is 6.04 Å². The fourth-order valence-corrected chi connectivity index (χ4v) is 5.14. The molecule has 0 aromatic heterocycles. The number of aliphatic carboxylic acids is 1. The Hall–Kier alpha value is -1.59. The van der Waals surface area contributed by atoms with E-state index in [2.05, 4.69) is 0 Å². The number of carboxylic acids is 1. The third kappa shape index (κ3) is 3.15. The van der Waals surface area contributed by atoms with Crippen molar-refractivity contribution in [3.63, 3.8) is 0 Å². The number of hydrogen-bond acceptors (Lipinski definition) is 3. The van der Waals surface area contributed by atoms with Crippen LogP contribution in [0.3, 0.4) is 0 Å². The molecule has 138 valence electrons. The summed E-state index contributed by atoms with van der Waals surface area (Å²) in [6.45, 7) is 1.29. The molecule has 0 radical (unpaired) electrons. The van der Waals surface area contributed by atoms with Crippen LogP contribution in [0.5, 0.6) is 0 Å². The van der Waals surface area contributed by atoms with E-state index in [1.807, 2.05) is 4.90 Å². The smallest absolute Gasteiger partial charge is 0.326 e. The van der Waals surface area contributed by atoms with E-state index in [0.717, 1.165) is 38.5 Å². The minimum absolute atomic E-state index is 0.0281. The Labute approximate surface area is 148 Å². The number of carbonyl (C=O) groups is 3. The van der Waals surface area contributed by atoms with Gasteiger partial charge in [-0.05, 0) is 50.9 Å². The largest absolute Gasteiger partial charge is 0.480 e. The fourth-order valence-electron chi connectivity index (χ4n) is 5.14. The molecule has 2 heterocycles. The van der Waals surface area contributed by atoms with E-state index in [9.17, 15) is 19.5 Å². The molecule has 25 heavy (non-hydrogen) atoms. The molecule has 0 unspecified atom stereocenters. The van der Waals surface area contributed by atoms with Gasteiger partial charge in [0.05, 0.1) is 0 Å². The second-order valence-corrected chi connectivity index (χ2v) is 8.32. The normalized spacial score (nSPS) is 33.2. The third-order valence-corrected chi connectivity index (χ3v) is 6.71. The van der Waals surface area contributed by atoms with Crippen LogP contribution in [0, 0.1) is 17.8 Å². The maximum absolute atomic E-state index is 13.2. The van der Waals surface area contributed by atoms with Gasteiger partial charge in [-0.25, -0.2) is 4.79 Å². The zero-order valence-electron chi connectivity index (χ0n) is 14.7. The lowest BCUT2D eigenvalue weighted by Gasteiger charge is -2.38. The molecule has 2 amide bonds. The van der Waals surface area contributed by atoms with Crippen LogP contribution in [-0.4, -0.2) is 57.9 Å². The summed E-state index contributed by atoms with van der Waals surface area (Å²) in [5.41, 5.74) is 0. The molecule has 1 N–H and O–H groups in total. The van der Waals surface area contributed by atoms with Crippen LogP contribution < -0.4 is 0 Å². The van der Waals surface area contributed by atoms with Gasteiger partial charge in [0.25, 0.3) is 0 Å². The van der Waals surface area contributed by atoms with Crippen molar-refractivity contribution in [2.75, 3.05) is 13.1 Å². The van der Waals surface area contributed by atoms with Crippen LogP contribution in [0.4, 0.5) is 0 Å². The highest BCUT2D eigenvalue weighted by molar-refractivity contribution is 5.87. The second kappa shape index (κ2) is 6.61. The topological polar surface area (TPSA) is 77.9 Å². The first kappa shape index (κ1) is 16.9. The van der Waals surface area contributed by atoms with Crippen LogP contribution in [0.25, 0.3) is 0 Å². The molecule has 0 spiro atoms. The first-order valence-electron chi connectivity index (χ1n) is 9.90. The van der Waals surface area contributed by atoms with Crippen LogP contribution in [-0.2, 0) is 14.4 Å². The predicted octanol–water partition coefficient (Wildman–Crippen LogP) is 1.88. The van der Waals surface area contributed by atoms with Gasteiger partial charge < -0.3 is 14.9 Å². The van der Waals surface area contributed by atoms with E-state index in [1.165, 1.54) is 0 Å². The first-order chi connectivity index (χ1) is 12.1. The summed E-state index contributed by atoms with van der Waals surface area (Å²) < 4.78 is 0. The summed E-state index contributed by atoms with van der Waals surface area (Å²) in [6.07, 6.45) is 8.22. The highest BCUT2D eigenvalue weighted by Crippen LogP contribution is 2.41. The second-order valence-electron chi connectivity index (χ2n) is 8.32. The fraction of sp³-hybridized carbons (Fsp3) is 0.842. The van der Waals surface area contributed by atoms with Crippen LogP contribution >= 0.6 is 0 Å². The van der Waals surface area contributed by atoms with Crippen LogP contribution in [0.2, 0.25) is 0 Å². The first-order valence-corrected chi connectivity index (χ1v) is 9.90. The molecule has 0 bridgehead atoms. The summed E-state index contributed by atoms with van der Waals surface area (Å²) >= 11 is 0. The summed E-state index contributed by atoms with van der Waals surface area (Å²) in [7, 11) is 0. The van der Waals surface area contributed by atoms with Crippen molar-refractivity contribution in [2.24, 2.45) is 17.8 Å². The van der Waals surface area contributed by atoms with Gasteiger partial charge in [-0.15, -0.1) is 0 Å². The quantitative estimate of drug-likeness (QED) is 0.845. The Kier molecular flexibility index (Phi) is 4.46. The van der Waals surface area contributed by atoms with Gasteiger partial charge in [-0.2, -0.15) is 0 Å². The molecule has 4 rings (SSSR count). The molecule has 4 aliphatic rings. The van der Waals surface area contributed by atoms with Gasteiger partial charge in [0, 0.05) is 31.0 Å². The Morgan fingerprint density at radius 1 is 0.800 bits per heavy atom. The van der Waals surface area contributed by atoms with Gasteiger partial charge in [-0.3, -0.25) is 9.59 Å². The molecular formula is C19H28N2O4. The monoisotopic (exact) mass is 348 g/mol. The third-order valence-electron chi connectivity index (χ3n) is 6.71. The summed E-state index contributed by atoms with van der Waals surface area (Å²) in [4.78, 5) is 40.7. The molecule has 4 fully saturated rings. The van der Waals surface area contributed by atoms with E-state index < -0.39 is 12.0 Å². The predicted molar refractivity (Wildman–Crippen MR) is 90.7 cm³/mol. The van der Waals surface area contributed by atoms with Crippen molar-refractivity contribution in [3.05, 3.63) is 0 Å². The van der Waals surface area contributed by atoms with Gasteiger partial charge in [0.2, 0.25) is 11.8 Å². The average Bonchev–Trinajstić information content (AvgIpc) is 3.40. The number of fused-ring (bicyclic) bond motifs is 1. The van der Waals surface area contributed by atoms with Crippen molar-refractivity contribution in [1.29, 1.82) is 0 Å². The van der Waals surface area contributed by atoms with Gasteiger partial charge >= 0.3 is 5.97 Å². The van der Waals surface area contributed by atoms with Gasteiger partial charge in [0.15, 0.2) is 0 Å². The lowest BCUT2D eigenvalue weighted by atomic mass is 9.84. The van der Waals surface area contributed by atoms with Crippen LogP contribution in [0.1, 0.15) is 57.8 Å². The van der Waals surface area contributed by atoms with E-state index in [0.29, 0.717) is 38.3 Å². The average molecular weight is 348 g/mol. The Morgan fingerprint density at radius 2 is 1.44 bits per heavy atom. The molecule has 0 aromatic rings. The minimum atomic E-state index is -0.857. The molecule has 6 heteroatoms. The number of piperidine rings is 1. The molecule has 2 saturated carbocycles. The zero-order valence-corrected chi connectivity index (χ0v) is 14.7. The van der Waals surface area contributed by atoms with Crippen LogP contribution in [0.15, 0.2) is 0 Å². The number of nitrogens with zero attached hydrogens (tertiary/aromatic N) is 2. The number of carboxylic acid groups (broad SMARTS) is 1. The number of carbonyl (C=O) groups excluding carboxylic acids is 2. The number of amides is 2. The van der Waals surface area contributed by atoms with Crippen molar-refractivity contribution < 1.29 is 19.5 Å².